The van der Waals surface area contributed by atoms with Gasteiger partial charge in [-0.05, 0) is 0 Å². The Morgan fingerprint density at radius 3 is 1.00 bits per heavy atom. The summed E-state index contributed by atoms with van der Waals surface area (Å²) in [5.41, 5.74) is 17.0. The highest BCUT2D eigenvalue weighted by atomic mass is 16.6. The molecule has 4 amide bonds. The van der Waals surface area contributed by atoms with Gasteiger partial charge in [0.15, 0.2) is 0 Å². The summed E-state index contributed by atoms with van der Waals surface area (Å²) in [7, 11) is 0. The molecule has 1 heterocycles. The first-order valence-electron chi connectivity index (χ1n) is 2.64. The highest BCUT2D eigenvalue weighted by molar-refractivity contribution is 5.69. The fourth-order valence-corrected chi connectivity index (χ4v) is 0. The minimum Gasteiger partial charge on any atom is -0.377 e. The summed E-state index contributed by atoms with van der Waals surface area (Å²) in [6, 6.07) is -1.67. The molecule has 7 heteroatoms. The van der Waals surface area contributed by atoms with Crippen molar-refractivity contribution < 1.29 is 14.3 Å². The van der Waals surface area contributed by atoms with Crippen LogP contribution in [-0.2, 0) is 4.74 Å². The average molecular weight is 164 g/mol. The van der Waals surface area contributed by atoms with Crippen LogP contribution in [0.2, 0.25) is 0 Å². The second kappa shape index (κ2) is 8.50. The zero-order valence-corrected chi connectivity index (χ0v) is 5.95. The first kappa shape index (κ1) is 12.2. The summed E-state index contributed by atoms with van der Waals surface area (Å²) in [5, 5.41) is 0. The fourth-order valence-electron chi connectivity index (χ4n) is 0. The normalized spacial score (nSPS) is 10.9. The average Bonchev–Trinajstić information content (AvgIpc) is 2.36. The van der Waals surface area contributed by atoms with E-state index >= 15 is 0 Å². The lowest BCUT2D eigenvalue weighted by molar-refractivity contribution is 0.255. The number of carbonyl (C=O) groups excluding carboxylic acids is 2. The third-order valence-corrected chi connectivity index (χ3v) is 0.204. The third-order valence-electron chi connectivity index (χ3n) is 0.204. The van der Waals surface area contributed by atoms with Crippen LogP contribution in [0.1, 0.15) is 0 Å². The molecule has 1 aliphatic rings. The Balaban J connectivity index is 0. The summed E-state index contributed by atoms with van der Waals surface area (Å²) in [6.45, 7) is 2.00. The summed E-state index contributed by atoms with van der Waals surface area (Å²) >= 11 is 0. The number of carbonyl (C=O) groups is 2. The van der Waals surface area contributed by atoms with Gasteiger partial charge in [-0.15, -0.1) is 0 Å². The molecule has 0 aromatic carbocycles. The van der Waals surface area contributed by atoms with Gasteiger partial charge in [0.2, 0.25) is 0 Å². The number of amides is 4. The second-order valence-corrected chi connectivity index (χ2v) is 1.42. The molecule has 0 spiro atoms. The molecule has 0 aliphatic carbocycles. The summed E-state index contributed by atoms with van der Waals surface area (Å²) < 4.78 is 4.50. The van der Waals surface area contributed by atoms with E-state index in [4.69, 9.17) is 9.59 Å². The third kappa shape index (κ3) is 1440. The van der Waals surface area contributed by atoms with E-state index in [9.17, 15) is 0 Å². The number of hydrogen-bond acceptors (Lipinski definition) is 3. The lowest BCUT2D eigenvalue weighted by Crippen LogP contribution is -2.18. The number of epoxide rings is 1. The maximum Gasteiger partial charge on any atom is 0.309 e. The number of ether oxygens (including phenoxy) is 1. The molecule has 0 aromatic rings. The van der Waals surface area contributed by atoms with Crippen LogP contribution in [0.5, 0.6) is 0 Å². The Morgan fingerprint density at radius 1 is 0.909 bits per heavy atom. The minimum absolute atomic E-state index is 0.833. The monoisotopic (exact) mass is 164 g/mol. The van der Waals surface area contributed by atoms with Crippen LogP contribution < -0.4 is 22.9 Å². The fraction of sp³-hybridized carbons (Fsp3) is 0.500. The van der Waals surface area contributed by atoms with Crippen LogP contribution in [0.25, 0.3) is 0 Å². The number of urea groups is 2. The molecule has 0 unspecified atom stereocenters. The van der Waals surface area contributed by atoms with Crippen LogP contribution in [0.3, 0.4) is 0 Å². The molecule has 0 saturated carbocycles. The highest BCUT2D eigenvalue weighted by Crippen LogP contribution is 1.84. The van der Waals surface area contributed by atoms with Gasteiger partial charge >= 0.3 is 12.1 Å². The van der Waals surface area contributed by atoms with Crippen LogP contribution in [-0.4, -0.2) is 25.3 Å². The molecule has 1 saturated heterocycles. The molecule has 0 radical (unpaired) electrons. The largest absolute Gasteiger partial charge is 0.377 e. The Kier molecular flexibility index (Phi) is 9.43. The minimum atomic E-state index is -0.833. The van der Waals surface area contributed by atoms with Gasteiger partial charge in [0.05, 0.1) is 13.2 Å². The van der Waals surface area contributed by atoms with Gasteiger partial charge in [0, 0.05) is 0 Å². The second-order valence-electron chi connectivity index (χ2n) is 1.42. The van der Waals surface area contributed by atoms with Crippen LogP contribution >= 0.6 is 0 Å². The summed E-state index contributed by atoms with van der Waals surface area (Å²) in [5.74, 6) is 0. The topological polar surface area (TPSA) is 151 Å². The van der Waals surface area contributed by atoms with Gasteiger partial charge in [-0.1, -0.05) is 0 Å². The molecule has 1 rings (SSSR count). The van der Waals surface area contributed by atoms with Gasteiger partial charge in [-0.3, -0.25) is 0 Å². The number of rotatable bonds is 0. The zero-order valence-electron chi connectivity index (χ0n) is 5.95. The lowest BCUT2D eigenvalue weighted by atomic mass is 11.0. The molecule has 1 fully saturated rings. The summed E-state index contributed by atoms with van der Waals surface area (Å²) in [6.07, 6.45) is 0. The Labute approximate surface area is 63.6 Å². The van der Waals surface area contributed by atoms with E-state index in [0.717, 1.165) is 13.2 Å². The molecule has 0 aromatic heterocycles. The van der Waals surface area contributed by atoms with Gasteiger partial charge < -0.3 is 27.7 Å². The Hall–Kier alpha value is -1.50. The van der Waals surface area contributed by atoms with Crippen molar-refractivity contribution in [1.29, 1.82) is 0 Å². The highest BCUT2D eigenvalue weighted by Gasteiger charge is 1.94. The van der Waals surface area contributed by atoms with E-state index < -0.39 is 12.1 Å². The standard InChI is InChI=1S/C2H4O.2CH4N2O/c1-2-3-1;2*2-1(3)4/h1-2H2;2*(H4,2,3,4). The number of primary amides is 4. The van der Waals surface area contributed by atoms with E-state index in [2.05, 4.69) is 27.7 Å². The maximum atomic E-state index is 9.00. The van der Waals surface area contributed by atoms with Crippen molar-refractivity contribution in [2.24, 2.45) is 22.9 Å². The predicted octanol–water partition coefficient (Wildman–Crippen LogP) is -1.94. The summed E-state index contributed by atoms with van der Waals surface area (Å²) in [4.78, 5) is 18.0. The number of hydrogen-bond donors (Lipinski definition) is 4. The zero-order chi connectivity index (χ0) is 9.28. The first-order chi connectivity index (χ1) is 4.96. The van der Waals surface area contributed by atoms with Crippen molar-refractivity contribution in [2.45, 2.75) is 0 Å². The molecular formula is C4H12N4O3. The molecule has 0 atom stereocenters. The van der Waals surface area contributed by atoms with Gasteiger partial charge in [-0.25, -0.2) is 9.59 Å². The van der Waals surface area contributed by atoms with E-state index in [1.54, 1.807) is 0 Å². The van der Waals surface area contributed by atoms with E-state index in [1.165, 1.54) is 0 Å². The number of nitrogens with two attached hydrogens (primary N) is 4. The lowest BCUT2D eigenvalue weighted by Gasteiger charge is -1.62. The molecular weight excluding hydrogens is 152 g/mol. The quantitative estimate of drug-likeness (QED) is 0.308. The van der Waals surface area contributed by atoms with Crippen molar-refractivity contribution in [3.05, 3.63) is 0 Å². The van der Waals surface area contributed by atoms with Crippen molar-refractivity contribution in [3.8, 4) is 0 Å². The Morgan fingerprint density at radius 2 is 1.00 bits per heavy atom. The van der Waals surface area contributed by atoms with Gasteiger partial charge in [-0.2, -0.15) is 0 Å². The van der Waals surface area contributed by atoms with Gasteiger partial charge in [0.25, 0.3) is 0 Å². The van der Waals surface area contributed by atoms with E-state index in [-0.39, 0.29) is 0 Å². The van der Waals surface area contributed by atoms with Crippen molar-refractivity contribution >= 4 is 12.1 Å². The molecule has 7 nitrogen and oxygen atoms in total. The SMILES string of the molecule is C1CO1.NC(N)=O.NC(N)=O. The predicted molar refractivity (Wildman–Crippen MR) is 38.4 cm³/mol. The molecule has 8 N–H and O–H groups in total. The van der Waals surface area contributed by atoms with E-state index in [0.29, 0.717) is 0 Å². The van der Waals surface area contributed by atoms with Crippen LogP contribution in [0, 0.1) is 0 Å². The Bertz CT molecular complexity index is 102. The van der Waals surface area contributed by atoms with Crippen molar-refractivity contribution in [3.63, 3.8) is 0 Å². The van der Waals surface area contributed by atoms with Crippen molar-refractivity contribution in [2.75, 3.05) is 13.2 Å². The van der Waals surface area contributed by atoms with Crippen LogP contribution in [0.15, 0.2) is 0 Å². The smallest absolute Gasteiger partial charge is 0.309 e. The maximum absolute atomic E-state index is 9.00. The molecule has 11 heavy (non-hydrogen) atoms. The molecule has 66 valence electrons. The van der Waals surface area contributed by atoms with E-state index in [1.807, 2.05) is 0 Å². The van der Waals surface area contributed by atoms with Crippen molar-refractivity contribution in [1.82, 2.24) is 0 Å². The molecule has 0 bridgehead atoms. The first-order valence-corrected chi connectivity index (χ1v) is 2.64. The molecule has 1 aliphatic heterocycles. The van der Waals surface area contributed by atoms with Gasteiger partial charge in [0.1, 0.15) is 0 Å². The van der Waals surface area contributed by atoms with Crippen LogP contribution in [0.4, 0.5) is 9.59 Å².